The summed E-state index contributed by atoms with van der Waals surface area (Å²) in [5.41, 5.74) is 3.94. The molecule has 6 rings (SSSR count). The number of H-pyrrole nitrogens is 2. The Labute approximate surface area is 186 Å². The van der Waals surface area contributed by atoms with Crippen LogP contribution in [0.3, 0.4) is 0 Å². The van der Waals surface area contributed by atoms with Gasteiger partial charge in [0.15, 0.2) is 5.75 Å². The second-order valence-corrected chi connectivity index (χ2v) is 8.46. The van der Waals surface area contributed by atoms with Gasteiger partial charge >= 0.3 is 0 Å². The Kier molecular flexibility index (Phi) is 4.30. The number of aromatic nitrogens is 5. The van der Waals surface area contributed by atoms with Crippen LogP contribution in [-0.2, 0) is 6.54 Å². The van der Waals surface area contributed by atoms with Crippen molar-refractivity contribution in [2.75, 3.05) is 6.61 Å². The average Bonchev–Trinajstić information content (AvgIpc) is 3.48. The van der Waals surface area contributed by atoms with E-state index in [2.05, 4.69) is 26.2 Å². The van der Waals surface area contributed by atoms with Gasteiger partial charge in [0.1, 0.15) is 12.7 Å². The highest BCUT2D eigenvalue weighted by Crippen LogP contribution is 2.41. The minimum absolute atomic E-state index is 0.554. The highest BCUT2D eigenvalue weighted by Gasteiger charge is 2.18. The van der Waals surface area contributed by atoms with E-state index in [9.17, 15) is 0 Å². The van der Waals surface area contributed by atoms with Gasteiger partial charge in [-0.1, -0.05) is 23.2 Å². The first kappa shape index (κ1) is 18.5. The molecule has 31 heavy (non-hydrogen) atoms. The Balaban J connectivity index is 1.53. The molecule has 0 atom stereocenters. The summed E-state index contributed by atoms with van der Waals surface area (Å²) in [6.45, 7) is 1.34. The minimum atomic E-state index is 0.554. The molecule has 0 unspecified atom stereocenters. The maximum atomic E-state index is 6.37. The summed E-state index contributed by atoms with van der Waals surface area (Å²) in [6, 6.07) is 13.9. The Morgan fingerprint density at radius 3 is 1.94 bits per heavy atom. The van der Waals surface area contributed by atoms with Crippen LogP contribution in [0.2, 0.25) is 10.0 Å². The van der Waals surface area contributed by atoms with Crippen molar-refractivity contribution in [2.45, 2.75) is 13.0 Å². The zero-order valence-electron chi connectivity index (χ0n) is 16.3. The smallest absolute Gasteiger partial charge is 0.167 e. The molecule has 0 saturated carbocycles. The van der Waals surface area contributed by atoms with E-state index in [1.165, 1.54) is 0 Å². The maximum Gasteiger partial charge on any atom is 0.167 e. The highest BCUT2D eigenvalue weighted by atomic mass is 35.5. The first-order valence-electron chi connectivity index (χ1n) is 9.97. The SMILES string of the molecule is Clc1ccc2[nH]c3c(OCCCn4cnnc4)c4[nH]c5ccc(Cl)cc5c4cc3c2c1. The van der Waals surface area contributed by atoms with Crippen LogP contribution in [0.5, 0.6) is 5.75 Å². The number of aromatic amines is 2. The standard InChI is InChI=1S/C23H17Cl2N5O/c24-13-2-4-19-15(8-13)17-10-18-16-9-14(25)3-5-20(16)29-22(18)23(21(17)28-19)31-7-1-6-30-11-26-27-12-30/h2-5,8-12,28-29H,1,6-7H2. The van der Waals surface area contributed by atoms with Gasteiger partial charge in [0.2, 0.25) is 0 Å². The number of benzene rings is 3. The second kappa shape index (κ2) is 7.18. The summed E-state index contributed by atoms with van der Waals surface area (Å²) in [4.78, 5) is 7.04. The summed E-state index contributed by atoms with van der Waals surface area (Å²) in [5, 5.41) is 13.4. The fraction of sp³-hybridized carbons (Fsp3) is 0.130. The summed E-state index contributed by atoms with van der Waals surface area (Å²) in [6.07, 6.45) is 4.25. The molecule has 0 aliphatic carbocycles. The van der Waals surface area contributed by atoms with Crippen LogP contribution in [0.4, 0.5) is 0 Å². The average molecular weight is 450 g/mol. The number of rotatable bonds is 5. The van der Waals surface area contributed by atoms with Crippen molar-refractivity contribution in [3.63, 3.8) is 0 Å². The van der Waals surface area contributed by atoms with E-state index in [1.807, 2.05) is 41.0 Å². The molecule has 6 aromatic rings. The quantitative estimate of drug-likeness (QED) is 0.302. The van der Waals surface area contributed by atoms with Crippen LogP contribution in [-0.4, -0.2) is 31.3 Å². The lowest BCUT2D eigenvalue weighted by atomic mass is 10.1. The van der Waals surface area contributed by atoms with Gasteiger partial charge in [0.05, 0.1) is 17.6 Å². The number of hydrogen-bond donors (Lipinski definition) is 2. The molecule has 0 saturated heterocycles. The molecular formula is C23H17Cl2N5O. The van der Waals surface area contributed by atoms with Crippen molar-refractivity contribution >= 4 is 66.8 Å². The number of hydrogen-bond acceptors (Lipinski definition) is 3. The lowest BCUT2D eigenvalue weighted by molar-refractivity contribution is 0.307. The number of nitrogens with one attached hydrogen (secondary N) is 2. The van der Waals surface area contributed by atoms with Gasteiger partial charge in [-0.3, -0.25) is 0 Å². The van der Waals surface area contributed by atoms with Crippen molar-refractivity contribution in [3.8, 4) is 5.75 Å². The molecule has 0 spiro atoms. The van der Waals surface area contributed by atoms with Crippen molar-refractivity contribution in [2.24, 2.45) is 0 Å². The van der Waals surface area contributed by atoms with Crippen LogP contribution in [0.25, 0.3) is 43.6 Å². The van der Waals surface area contributed by atoms with E-state index in [-0.39, 0.29) is 0 Å². The number of nitrogens with zero attached hydrogens (tertiary/aromatic N) is 3. The third-order valence-corrected chi connectivity index (χ3v) is 6.09. The molecule has 0 fully saturated rings. The lowest BCUT2D eigenvalue weighted by Crippen LogP contribution is -2.04. The Morgan fingerprint density at radius 1 is 0.774 bits per heavy atom. The fourth-order valence-electron chi connectivity index (χ4n) is 4.20. The molecule has 0 aliphatic rings. The third kappa shape index (κ3) is 3.10. The molecule has 3 aromatic heterocycles. The van der Waals surface area contributed by atoms with E-state index in [4.69, 9.17) is 27.9 Å². The summed E-state index contributed by atoms with van der Waals surface area (Å²) in [7, 11) is 0. The van der Waals surface area contributed by atoms with Crippen molar-refractivity contribution in [1.82, 2.24) is 24.7 Å². The van der Waals surface area contributed by atoms with E-state index in [0.717, 1.165) is 62.3 Å². The normalized spacial score (nSPS) is 11.9. The summed E-state index contributed by atoms with van der Waals surface area (Å²) >= 11 is 12.6. The molecule has 8 heteroatoms. The predicted molar refractivity (Wildman–Crippen MR) is 125 cm³/mol. The first-order chi connectivity index (χ1) is 15.2. The molecular weight excluding hydrogens is 433 g/mol. The Morgan fingerprint density at radius 2 is 1.35 bits per heavy atom. The van der Waals surface area contributed by atoms with Crippen LogP contribution >= 0.6 is 23.2 Å². The van der Waals surface area contributed by atoms with E-state index >= 15 is 0 Å². The zero-order chi connectivity index (χ0) is 20.9. The summed E-state index contributed by atoms with van der Waals surface area (Å²) < 4.78 is 8.31. The molecule has 0 bridgehead atoms. The van der Waals surface area contributed by atoms with Gasteiger partial charge in [-0.2, -0.15) is 0 Å². The molecule has 0 amide bonds. The minimum Gasteiger partial charge on any atom is -0.489 e. The van der Waals surface area contributed by atoms with E-state index in [1.54, 1.807) is 12.7 Å². The monoisotopic (exact) mass is 449 g/mol. The number of halogens is 2. The lowest BCUT2D eigenvalue weighted by Gasteiger charge is -2.09. The molecule has 154 valence electrons. The van der Waals surface area contributed by atoms with Crippen LogP contribution < -0.4 is 4.74 Å². The van der Waals surface area contributed by atoms with Crippen LogP contribution in [0, 0.1) is 0 Å². The molecule has 2 N–H and O–H groups in total. The number of fused-ring (bicyclic) bond motifs is 6. The van der Waals surface area contributed by atoms with Gasteiger partial charge < -0.3 is 19.3 Å². The highest BCUT2D eigenvalue weighted by molar-refractivity contribution is 6.33. The predicted octanol–water partition coefficient (Wildman–Crippen LogP) is 6.32. The topological polar surface area (TPSA) is 71.5 Å². The molecule has 3 heterocycles. The molecule has 6 nitrogen and oxygen atoms in total. The largest absolute Gasteiger partial charge is 0.489 e. The van der Waals surface area contributed by atoms with Crippen LogP contribution in [0.1, 0.15) is 6.42 Å². The molecule has 0 aliphatic heterocycles. The van der Waals surface area contributed by atoms with Crippen molar-refractivity contribution < 1.29 is 4.74 Å². The Bertz CT molecular complexity index is 1470. The number of aryl methyl sites for hydroxylation is 1. The van der Waals surface area contributed by atoms with E-state index in [0.29, 0.717) is 16.7 Å². The van der Waals surface area contributed by atoms with Crippen molar-refractivity contribution in [3.05, 3.63) is 65.2 Å². The fourth-order valence-corrected chi connectivity index (χ4v) is 4.54. The van der Waals surface area contributed by atoms with E-state index < -0.39 is 0 Å². The van der Waals surface area contributed by atoms with Crippen molar-refractivity contribution in [1.29, 1.82) is 0 Å². The number of ether oxygens (including phenoxy) is 1. The Hall–Kier alpha value is -3.22. The van der Waals surface area contributed by atoms with Gasteiger partial charge in [0, 0.05) is 49.2 Å². The maximum absolute atomic E-state index is 6.37. The summed E-state index contributed by atoms with van der Waals surface area (Å²) in [5.74, 6) is 0.802. The molecule has 0 radical (unpaired) electrons. The second-order valence-electron chi connectivity index (χ2n) is 7.58. The van der Waals surface area contributed by atoms with Crippen LogP contribution in [0.15, 0.2) is 55.1 Å². The molecule has 3 aromatic carbocycles. The first-order valence-corrected chi connectivity index (χ1v) is 10.7. The van der Waals surface area contributed by atoms with Gasteiger partial charge in [0.25, 0.3) is 0 Å². The van der Waals surface area contributed by atoms with Gasteiger partial charge in [-0.15, -0.1) is 10.2 Å². The zero-order valence-corrected chi connectivity index (χ0v) is 17.8. The van der Waals surface area contributed by atoms with Gasteiger partial charge in [-0.25, -0.2) is 0 Å². The third-order valence-electron chi connectivity index (χ3n) is 5.62. The van der Waals surface area contributed by atoms with Gasteiger partial charge in [-0.05, 0) is 48.9 Å².